The van der Waals surface area contributed by atoms with Crippen molar-refractivity contribution in [1.29, 1.82) is 0 Å². The van der Waals surface area contributed by atoms with E-state index in [1.807, 2.05) is 72.8 Å². The summed E-state index contributed by atoms with van der Waals surface area (Å²) < 4.78 is 4.13. The smallest absolute Gasteiger partial charge is 0.201 e. The Hall–Kier alpha value is -2.17. The summed E-state index contributed by atoms with van der Waals surface area (Å²) in [6, 6.07) is 27.7. The number of imidazole rings is 2. The Bertz CT molecular complexity index is 1580. The van der Waals surface area contributed by atoms with Crippen LogP contribution >= 0.6 is 75.3 Å². The number of para-hydroxylation sites is 4. The Balaban J connectivity index is 0.000000143. The van der Waals surface area contributed by atoms with Crippen molar-refractivity contribution in [1.82, 2.24) is 19.9 Å². The van der Waals surface area contributed by atoms with Gasteiger partial charge in [-0.3, -0.25) is 0 Å². The van der Waals surface area contributed by atoms with Gasteiger partial charge in [-0.25, -0.2) is 9.97 Å². The Morgan fingerprint density at radius 3 is 1.81 bits per heavy atom. The molecular formula is C27H20Br4ClN5. The Morgan fingerprint density at radius 2 is 1.24 bits per heavy atom. The lowest BCUT2D eigenvalue weighted by molar-refractivity contribution is 1.03. The summed E-state index contributed by atoms with van der Waals surface area (Å²) in [5.41, 5.74) is 11.5. The minimum Gasteiger partial charge on any atom is -0.398 e. The van der Waals surface area contributed by atoms with E-state index in [9.17, 15) is 0 Å². The SMILES string of the molecule is Brc1ccc(Cc2nc3ccccc3[nH]2)c(Br)c1.Clc1nc2ccccc2[nH]1.Nc1ccc(Br)cc1Br. The number of nitrogens with zero attached hydrogens (tertiary/aromatic N) is 2. The number of nitrogen functional groups attached to an aromatic ring is 1. The largest absolute Gasteiger partial charge is 0.398 e. The van der Waals surface area contributed by atoms with Gasteiger partial charge in [0.15, 0.2) is 0 Å². The molecule has 188 valence electrons. The van der Waals surface area contributed by atoms with E-state index in [1.165, 1.54) is 5.56 Å². The number of halogens is 5. The average molecular weight is 770 g/mol. The van der Waals surface area contributed by atoms with E-state index in [1.54, 1.807) is 0 Å². The molecule has 0 saturated heterocycles. The van der Waals surface area contributed by atoms with Gasteiger partial charge in [-0.15, -0.1) is 0 Å². The zero-order valence-corrected chi connectivity index (χ0v) is 26.3. The van der Waals surface area contributed by atoms with Gasteiger partial charge in [0.1, 0.15) is 5.82 Å². The number of rotatable bonds is 2. The lowest BCUT2D eigenvalue weighted by Crippen LogP contribution is -1.91. The van der Waals surface area contributed by atoms with E-state index in [0.29, 0.717) is 5.28 Å². The molecule has 0 aliphatic carbocycles. The zero-order chi connectivity index (χ0) is 26.4. The Kier molecular flexibility index (Phi) is 9.83. The quantitative estimate of drug-likeness (QED) is 0.154. The van der Waals surface area contributed by atoms with E-state index >= 15 is 0 Å². The van der Waals surface area contributed by atoms with Crippen molar-refractivity contribution in [3.05, 3.63) is 119 Å². The number of nitrogens with one attached hydrogen (secondary N) is 2. The first kappa shape index (κ1) is 27.9. The second-order valence-electron chi connectivity index (χ2n) is 7.82. The summed E-state index contributed by atoms with van der Waals surface area (Å²) in [5, 5.41) is 0.446. The highest BCUT2D eigenvalue weighted by Gasteiger charge is 2.06. The molecule has 10 heteroatoms. The summed E-state index contributed by atoms with van der Waals surface area (Å²) in [7, 11) is 0. The molecule has 37 heavy (non-hydrogen) atoms. The lowest BCUT2D eigenvalue weighted by Gasteiger charge is -2.02. The molecule has 0 radical (unpaired) electrons. The first-order valence-corrected chi connectivity index (χ1v) is 14.5. The molecule has 0 amide bonds. The molecule has 0 saturated carbocycles. The van der Waals surface area contributed by atoms with Crippen molar-refractivity contribution in [2.24, 2.45) is 0 Å². The number of aromatic nitrogens is 4. The van der Waals surface area contributed by atoms with E-state index in [2.05, 4.69) is 95.8 Å². The predicted octanol–water partition coefficient (Wildman–Crippen LogP) is 9.69. The van der Waals surface area contributed by atoms with Crippen molar-refractivity contribution < 1.29 is 0 Å². The Morgan fingerprint density at radius 1 is 0.676 bits per heavy atom. The van der Waals surface area contributed by atoms with Crippen molar-refractivity contribution in [2.75, 3.05) is 5.73 Å². The van der Waals surface area contributed by atoms with E-state index in [0.717, 1.165) is 57.9 Å². The van der Waals surface area contributed by atoms with E-state index in [4.69, 9.17) is 17.3 Å². The molecule has 0 aliphatic heterocycles. The number of fused-ring (bicyclic) bond motifs is 2. The number of aromatic amines is 2. The summed E-state index contributed by atoms with van der Waals surface area (Å²) in [5.74, 6) is 0.985. The van der Waals surface area contributed by atoms with Crippen LogP contribution in [0.3, 0.4) is 0 Å². The summed E-state index contributed by atoms with van der Waals surface area (Å²) in [6.45, 7) is 0. The van der Waals surface area contributed by atoms with Crippen LogP contribution in [0.15, 0.2) is 103 Å². The molecule has 2 aromatic heterocycles. The summed E-state index contributed by atoms with van der Waals surface area (Å²) in [4.78, 5) is 14.9. The molecule has 5 nitrogen and oxygen atoms in total. The number of hydrogen-bond donors (Lipinski definition) is 3. The molecule has 0 unspecified atom stereocenters. The number of hydrogen-bond acceptors (Lipinski definition) is 3. The molecule has 0 bridgehead atoms. The van der Waals surface area contributed by atoms with Crippen molar-refractivity contribution in [3.8, 4) is 0 Å². The van der Waals surface area contributed by atoms with Crippen LogP contribution in [0, 0.1) is 0 Å². The third-order valence-electron chi connectivity index (χ3n) is 5.13. The second kappa shape index (κ2) is 13.1. The molecular weight excluding hydrogens is 749 g/mol. The van der Waals surface area contributed by atoms with E-state index < -0.39 is 0 Å². The molecule has 0 spiro atoms. The number of H-pyrrole nitrogens is 2. The fourth-order valence-corrected chi connectivity index (χ4v) is 5.79. The highest BCUT2D eigenvalue weighted by Crippen LogP contribution is 2.25. The fourth-order valence-electron chi connectivity index (χ4n) is 3.36. The zero-order valence-electron chi connectivity index (χ0n) is 19.2. The van der Waals surface area contributed by atoms with Crippen LogP contribution in [0.2, 0.25) is 5.28 Å². The van der Waals surface area contributed by atoms with Crippen LogP contribution in [-0.2, 0) is 6.42 Å². The topological polar surface area (TPSA) is 83.4 Å². The van der Waals surface area contributed by atoms with Crippen LogP contribution in [0.4, 0.5) is 5.69 Å². The second-order valence-corrected chi connectivity index (χ2v) is 11.7. The fraction of sp³-hybridized carbons (Fsp3) is 0.0370. The average Bonchev–Trinajstić information content (AvgIpc) is 3.46. The van der Waals surface area contributed by atoms with Gasteiger partial charge in [-0.2, -0.15) is 0 Å². The third kappa shape index (κ3) is 7.91. The predicted molar refractivity (Wildman–Crippen MR) is 168 cm³/mol. The van der Waals surface area contributed by atoms with Gasteiger partial charge in [0.25, 0.3) is 0 Å². The maximum absolute atomic E-state index is 5.62. The molecule has 0 fully saturated rings. The first-order valence-electron chi connectivity index (χ1n) is 11.0. The van der Waals surface area contributed by atoms with Gasteiger partial charge in [0.05, 0.1) is 22.1 Å². The standard InChI is InChI=1S/C14H10Br2N2.C7H5ClN2.C6H5Br2N/c15-10-6-5-9(11(16)8-10)7-14-17-12-3-1-2-4-13(12)18-14;8-7-9-5-3-1-2-4-6(5)10-7;7-4-1-2-6(9)5(8)3-4/h1-6,8H,7H2,(H,17,18);1-4H,(H,9,10);1-3H,9H2. The van der Waals surface area contributed by atoms with Crippen molar-refractivity contribution >= 4 is 103 Å². The van der Waals surface area contributed by atoms with Gasteiger partial charge in [-0.1, -0.05) is 78.1 Å². The highest BCUT2D eigenvalue weighted by molar-refractivity contribution is 9.11. The van der Waals surface area contributed by atoms with Gasteiger partial charge in [0.2, 0.25) is 5.28 Å². The number of nitrogens with two attached hydrogens (primary N) is 1. The van der Waals surface area contributed by atoms with Crippen LogP contribution in [-0.4, -0.2) is 19.9 Å². The van der Waals surface area contributed by atoms with E-state index in [-0.39, 0.29) is 0 Å². The van der Waals surface area contributed by atoms with Crippen LogP contribution in [0.25, 0.3) is 22.1 Å². The summed E-state index contributed by atoms with van der Waals surface area (Å²) >= 11 is 19.3. The molecule has 6 rings (SSSR count). The number of anilines is 1. The molecule has 4 N–H and O–H groups in total. The Labute approximate surface area is 252 Å². The molecule has 0 aliphatic rings. The van der Waals surface area contributed by atoms with Crippen LogP contribution in [0.5, 0.6) is 0 Å². The minimum atomic E-state index is 0.446. The first-order chi connectivity index (χ1) is 17.8. The monoisotopic (exact) mass is 765 g/mol. The maximum atomic E-state index is 5.62. The van der Waals surface area contributed by atoms with Gasteiger partial charge in [-0.05, 0) is 87.7 Å². The molecule has 0 atom stereocenters. The van der Waals surface area contributed by atoms with Crippen LogP contribution < -0.4 is 5.73 Å². The minimum absolute atomic E-state index is 0.446. The van der Waals surface area contributed by atoms with Crippen molar-refractivity contribution in [2.45, 2.75) is 6.42 Å². The van der Waals surface area contributed by atoms with Gasteiger partial charge in [0, 0.05) is 30.0 Å². The van der Waals surface area contributed by atoms with Crippen molar-refractivity contribution in [3.63, 3.8) is 0 Å². The molecule has 6 aromatic rings. The summed E-state index contributed by atoms with van der Waals surface area (Å²) in [6.07, 6.45) is 0.794. The number of benzene rings is 4. The van der Waals surface area contributed by atoms with Crippen LogP contribution in [0.1, 0.15) is 11.4 Å². The maximum Gasteiger partial charge on any atom is 0.201 e. The normalized spacial score (nSPS) is 10.5. The molecule has 2 heterocycles. The molecule has 4 aromatic carbocycles. The van der Waals surface area contributed by atoms with Gasteiger partial charge < -0.3 is 15.7 Å². The van der Waals surface area contributed by atoms with Gasteiger partial charge >= 0.3 is 0 Å². The highest BCUT2D eigenvalue weighted by atomic mass is 79.9. The lowest BCUT2D eigenvalue weighted by atomic mass is 10.1. The third-order valence-corrected chi connectivity index (χ3v) is 7.72.